The molecule has 1 saturated carbocycles. The van der Waals surface area contributed by atoms with Crippen LogP contribution in [0.1, 0.15) is 19.3 Å². The van der Waals surface area contributed by atoms with Crippen molar-refractivity contribution in [3.8, 4) is 0 Å². The predicted octanol–water partition coefficient (Wildman–Crippen LogP) is 1.37. The molecule has 4 heteroatoms. The number of morpholine rings is 1. The minimum Gasteiger partial charge on any atom is -0.379 e. The Labute approximate surface area is 90.0 Å². The summed E-state index contributed by atoms with van der Waals surface area (Å²) >= 11 is 1.96. The Bertz CT molecular complexity index is 214. The van der Waals surface area contributed by atoms with E-state index in [1.165, 1.54) is 32.4 Å². The zero-order valence-corrected chi connectivity index (χ0v) is 9.39. The fourth-order valence-corrected chi connectivity index (χ4v) is 3.48. The van der Waals surface area contributed by atoms with E-state index in [0.717, 1.165) is 31.7 Å². The highest BCUT2D eigenvalue weighted by Crippen LogP contribution is 2.53. The van der Waals surface area contributed by atoms with Crippen molar-refractivity contribution in [3.05, 3.63) is 0 Å². The highest BCUT2D eigenvalue weighted by Gasteiger charge is 2.48. The molecule has 0 bridgehead atoms. The number of hydrogen-bond acceptors (Lipinski definition) is 4. The Morgan fingerprint density at radius 2 is 1.71 bits per heavy atom. The monoisotopic (exact) mass is 214 g/mol. The summed E-state index contributed by atoms with van der Waals surface area (Å²) in [5.74, 6) is 0. The molecule has 2 aliphatic heterocycles. The molecular formula is C10H18N2OS. The summed E-state index contributed by atoms with van der Waals surface area (Å²) in [4.78, 5) is 0. The van der Waals surface area contributed by atoms with Crippen LogP contribution in [0.2, 0.25) is 0 Å². The Balaban J connectivity index is 1.47. The van der Waals surface area contributed by atoms with E-state index in [1.54, 1.807) is 0 Å². The second-order valence-corrected chi connectivity index (χ2v) is 5.93. The van der Waals surface area contributed by atoms with E-state index in [9.17, 15) is 0 Å². The number of nitrogens with zero attached hydrogens (tertiary/aromatic N) is 2. The Morgan fingerprint density at radius 1 is 0.929 bits per heavy atom. The molecule has 3 fully saturated rings. The van der Waals surface area contributed by atoms with Gasteiger partial charge in [0.25, 0.3) is 0 Å². The largest absolute Gasteiger partial charge is 0.379 e. The molecule has 0 aromatic carbocycles. The topological polar surface area (TPSA) is 15.7 Å². The molecule has 80 valence electrons. The standard InChI is InChI=1S/C10H18N2OS/c1-2-10(1)3-4-12(9-10)14-11-5-7-13-8-6-11/h1-9H2. The Kier molecular flexibility index (Phi) is 2.48. The van der Waals surface area contributed by atoms with Gasteiger partial charge in [-0.2, -0.15) is 0 Å². The summed E-state index contributed by atoms with van der Waals surface area (Å²) in [6, 6.07) is 0. The van der Waals surface area contributed by atoms with Gasteiger partial charge in [-0.15, -0.1) is 0 Å². The summed E-state index contributed by atoms with van der Waals surface area (Å²) in [6.07, 6.45) is 4.39. The van der Waals surface area contributed by atoms with Crippen molar-refractivity contribution in [1.82, 2.24) is 8.61 Å². The van der Waals surface area contributed by atoms with Crippen LogP contribution in [0.4, 0.5) is 0 Å². The molecule has 3 rings (SSSR count). The fourth-order valence-electron chi connectivity index (χ4n) is 2.34. The third kappa shape index (κ3) is 1.94. The summed E-state index contributed by atoms with van der Waals surface area (Å²) < 4.78 is 10.3. The molecule has 2 saturated heterocycles. The van der Waals surface area contributed by atoms with Crippen molar-refractivity contribution >= 4 is 12.1 Å². The van der Waals surface area contributed by atoms with Crippen molar-refractivity contribution in [2.24, 2.45) is 5.41 Å². The molecule has 3 nitrogen and oxygen atoms in total. The van der Waals surface area contributed by atoms with Crippen LogP contribution in [-0.2, 0) is 4.74 Å². The average molecular weight is 214 g/mol. The van der Waals surface area contributed by atoms with E-state index in [0.29, 0.717) is 0 Å². The van der Waals surface area contributed by atoms with E-state index >= 15 is 0 Å². The van der Waals surface area contributed by atoms with Crippen LogP contribution in [0.5, 0.6) is 0 Å². The van der Waals surface area contributed by atoms with E-state index in [1.807, 2.05) is 12.1 Å². The fraction of sp³-hybridized carbons (Fsp3) is 1.00. The first kappa shape index (κ1) is 9.46. The van der Waals surface area contributed by atoms with Gasteiger partial charge in [-0.25, -0.2) is 8.61 Å². The van der Waals surface area contributed by atoms with Crippen LogP contribution in [-0.4, -0.2) is 48.0 Å². The van der Waals surface area contributed by atoms with Gasteiger partial charge in [-0.05, 0) is 24.7 Å². The second-order valence-electron chi connectivity index (χ2n) is 4.74. The maximum atomic E-state index is 5.34. The van der Waals surface area contributed by atoms with Gasteiger partial charge in [-0.3, -0.25) is 0 Å². The zero-order valence-electron chi connectivity index (χ0n) is 8.57. The summed E-state index contributed by atoms with van der Waals surface area (Å²) in [6.45, 7) is 6.62. The Hall–Kier alpha value is 0.230. The lowest BCUT2D eigenvalue weighted by molar-refractivity contribution is 0.0760. The summed E-state index contributed by atoms with van der Waals surface area (Å²) in [5.41, 5.74) is 0.763. The van der Waals surface area contributed by atoms with Crippen molar-refractivity contribution in [2.45, 2.75) is 19.3 Å². The van der Waals surface area contributed by atoms with Crippen LogP contribution >= 0.6 is 12.1 Å². The van der Waals surface area contributed by atoms with Gasteiger partial charge in [0.15, 0.2) is 0 Å². The summed E-state index contributed by atoms with van der Waals surface area (Å²) in [5, 5.41) is 0. The van der Waals surface area contributed by atoms with Crippen LogP contribution in [0.15, 0.2) is 0 Å². The first-order valence-electron chi connectivity index (χ1n) is 5.62. The van der Waals surface area contributed by atoms with E-state index < -0.39 is 0 Å². The SMILES string of the molecule is C1CN(SN2CCC3(CC3)C2)CCO1. The van der Waals surface area contributed by atoms with E-state index in [4.69, 9.17) is 4.74 Å². The van der Waals surface area contributed by atoms with Gasteiger partial charge in [0.05, 0.1) is 13.2 Å². The lowest BCUT2D eigenvalue weighted by Gasteiger charge is -2.28. The average Bonchev–Trinajstić information content (AvgIpc) is 2.84. The highest BCUT2D eigenvalue weighted by atomic mass is 32.2. The molecule has 0 atom stereocenters. The quantitative estimate of drug-likeness (QED) is 0.645. The van der Waals surface area contributed by atoms with Crippen LogP contribution in [0, 0.1) is 5.41 Å². The van der Waals surface area contributed by atoms with Crippen LogP contribution < -0.4 is 0 Å². The van der Waals surface area contributed by atoms with Gasteiger partial charge in [0, 0.05) is 38.3 Å². The molecule has 0 unspecified atom stereocenters. The predicted molar refractivity (Wildman–Crippen MR) is 57.8 cm³/mol. The first-order valence-corrected chi connectivity index (χ1v) is 6.35. The molecule has 0 aromatic rings. The molecule has 14 heavy (non-hydrogen) atoms. The molecule has 0 aromatic heterocycles. The maximum Gasteiger partial charge on any atom is 0.0603 e. The summed E-state index contributed by atoms with van der Waals surface area (Å²) in [7, 11) is 0. The van der Waals surface area contributed by atoms with Crippen molar-refractivity contribution in [2.75, 3.05) is 39.4 Å². The van der Waals surface area contributed by atoms with Gasteiger partial charge in [0.2, 0.25) is 0 Å². The zero-order chi connectivity index (χ0) is 9.43. The number of rotatable bonds is 2. The van der Waals surface area contributed by atoms with Crippen LogP contribution in [0.25, 0.3) is 0 Å². The molecule has 0 N–H and O–H groups in total. The van der Waals surface area contributed by atoms with Crippen molar-refractivity contribution < 1.29 is 4.74 Å². The van der Waals surface area contributed by atoms with E-state index in [2.05, 4.69) is 8.61 Å². The van der Waals surface area contributed by atoms with Crippen LogP contribution in [0.3, 0.4) is 0 Å². The minimum absolute atomic E-state index is 0.763. The normalized spacial score (nSPS) is 32.6. The van der Waals surface area contributed by atoms with E-state index in [-0.39, 0.29) is 0 Å². The maximum absolute atomic E-state index is 5.34. The molecular weight excluding hydrogens is 196 g/mol. The Morgan fingerprint density at radius 3 is 2.36 bits per heavy atom. The second kappa shape index (κ2) is 3.67. The molecule has 0 amide bonds. The molecule has 2 heterocycles. The van der Waals surface area contributed by atoms with Crippen molar-refractivity contribution in [1.29, 1.82) is 0 Å². The van der Waals surface area contributed by atoms with Gasteiger partial charge < -0.3 is 4.74 Å². The molecule has 1 aliphatic carbocycles. The number of hydrogen-bond donors (Lipinski definition) is 0. The van der Waals surface area contributed by atoms with Gasteiger partial charge in [-0.1, -0.05) is 0 Å². The third-order valence-electron chi connectivity index (χ3n) is 3.56. The smallest absolute Gasteiger partial charge is 0.0603 e. The lowest BCUT2D eigenvalue weighted by Crippen LogP contribution is -2.34. The lowest BCUT2D eigenvalue weighted by atomic mass is 10.1. The minimum atomic E-state index is 0.763. The molecule has 3 aliphatic rings. The first-order chi connectivity index (χ1) is 6.86. The third-order valence-corrected chi connectivity index (χ3v) is 4.70. The molecule has 1 spiro atoms. The van der Waals surface area contributed by atoms with Gasteiger partial charge >= 0.3 is 0 Å². The molecule has 0 radical (unpaired) electrons. The highest BCUT2D eigenvalue weighted by molar-refractivity contribution is 7.94. The van der Waals surface area contributed by atoms with Crippen molar-refractivity contribution in [3.63, 3.8) is 0 Å². The van der Waals surface area contributed by atoms with Gasteiger partial charge in [0.1, 0.15) is 0 Å². The number of ether oxygens (including phenoxy) is 1.